The molecule has 0 fully saturated rings. The number of nitrogens with zero attached hydrogens (tertiary/aromatic N) is 1. The molecule has 3 nitrogen and oxygen atoms in total. The number of fused-ring (bicyclic) bond motifs is 1. The van der Waals surface area contributed by atoms with E-state index in [-0.39, 0.29) is 4.83 Å². The lowest BCUT2D eigenvalue weighted by Crippen LogP contribution is -1.99. The van der Waals surface area contributed by atoms with E-state index in [0.717, 1.165) is 28.3 Å². The Bertz CT molecular complexity index is 789. The fourth-order valence-electron chi connectivity index (χ4n) is 2.33. The van der Waals surface area contributed by atoms with E-state index in [4.69, 9.17) is 4.74 Å². The van der Waals surface area contributed by atoms with Gasteiger partial charge >= 0.3 is 0 Å². The van der Waals surface area contributed by atoms with Crippen LogP contribution in [0.3, 0.4) is 0 Å². The molecule has 0 amide bonds. The SMILES string of the molecule is O=CC(Br)c1ccc(OCc2ccccc2)c2ncccc12. The van der Waals surface area contributed by atoms with Crippen LogP contribution < -0.4 is 4.74 Å². The first-order valence-corrected chi connectivity index (χ1v) is 7.85. The first-order valence-electron chi connectivity index (χ1n) is 6.93. The van der Waals surface area contributed by atoms with Crippen molar-refractivity contribution in [2.24, 2.45) is 0 Å². The van der Waals surface area contributed by atoms with Crippen LogP contribution in [0.5, 0.6) is 5.75 Å². The van der Waals surface area contributed by atoms with Crippen molar-refractivity contribution in [2.75, 3.05) is 0 Å². The zero-order valence-corrected chi connectivity index (χ0v) is 13.4. The largest absolute Gasteiger partial charge is 0.487 e. The standard InChI is InChI=1S/C18H14BrNO2/c19-16(11-21)14-8-9-17(18-15(14)7-4-10-20-18)22-12-13-5-2-1-3-6-13/h1-11,16H,12H2. The molecule has 22 heavy (non-hydrogen) atoms. The zero-order chi connectivity index (χ0) is 15.4. The number of hydrogen-bond donors (Lipinski definition) is 0. The fraction of sp³-hybridized carbons (Fsp3) is 0.111. The van der Waals surface area contributed by atoms with Crippen molar-refractivity contribution < 1.29 is 9.53 Å². The first-order chi connectivity index (χ1) is 10.8. The molecular formula is C18H14BrNO2. The molecule has 1 unspecified atom stereocenters. The zero-order valence-electron chi connectivity index (χ0n) is 11.8. The molecule has 1 aromatic heterocycles. The van der Waals surface area contributed by atoms with Gasteiger partial charge in [0.15, 0.2) is 0 Å². The minimum atomic E-state index is -0.345. The summed E-state index contributed by atoms with van der Waals surface area (Å²) in [6.45, 7) is 0.483. The third-order valence-electron chi connectivity index (χ3n) is 3.42. The van der Waals surface area contributed by atoms with E-state index in [1.54, 1.807) is 6.20 Å². The average molecular weight is 356 g/mol. The average Bonchev–Trinajstić information content (AvgIpc) is 2.60. The van der Waals surface area contributed by atoms with Crippen LogP contribution in [-0.2, 0) is 11.4 Å². The molecule has 0 saturated carbocycles. The van der Waals surface area contributed by atoms with Gasteiger partial charge in [-0.3, -0.25) is 4.98 Å². The molecule has 0 saturated heterocycles. The number of hydrogen-bond acceptors (Lipinski definition) is 3. The molecule has 3 rings (SSSR count). The maximum atomic E-state index is 11.0. The molecule has 4 heteroatoms. The first kappa shape index (κ1) is 14.7. The third kappa shape index (κ3) is 3.02. The number of pyridine rings is 1. The van der Waals surface area contributed by atoms with Crippen LogP contribution in [0.2, 0.25) is 0 Å². The Morgan fingerprint density at radius 2 is 1.91 bits per heavy atom. The van der Waals surface area contributed by atoms with Crippen LogP contribution in [0.4, 0.5) is 0 Å². The van der Waals surface area contributed by atoms with E-state index in [0.29, 0.717) is 12.4 Å². The number of halogens is 1. The van der Waals surface area contributed by atoms with Crippen molar-refractivity contribution in [1.82, 2.24) is 4.98 Å². The minimum absolute atomic E-state index is 0.345. The molecule has 0 N–H and O–H groups in total. The Hall–Kier alpha value is -2.20. The lowest BCUT2D eigenvalue weighted by atomic mass is 10.1. The third-order valence-corrected chi connectivity index (χ3v) is 4.13. The number of carbonyl (C=O) groups is 1. The van der Waals surface area contributed by atoms with E-state index in [2.05, 4.69) is 20.9 Å². The highest BCUT2D eigenvalue weighted by atomic mass is 79.9. The Labute approximate surface area is 137 Å². The van der Waals surface area contributed by atoms with Gasteiger partial charge in [-0.25, -0.2) is 0 Å². The summed E-state index contributed by atoms with van der Waals surface area (Å²) in [5.41, 5.74) is 2.76. The van der Waals surface area contributed by atoms with Crippen molar-refractivity contribution in [3.05, 3.63) is 71.9 Å². The van der Waals surface area contributed by atoms with Crippen LogP contribution in [0, 0.1) is 0 Å². The number of alkyl halides is 1. The minimum Gasteiger partial charge on any atom is -0.487 e. The molecule has 3 aromatic rings. The Morgan fingerprint density at radius 3 is 2.68 bits per heavy atom. The van der Waals surface area contributed by atoms with Crippen LogP contribution in [0.15, 0.2) is 60.8 Å². The van der Waals surface area contributed by atoms with Gasteiger partial charge in [-0.2, -0.15) is 0 Å². The number of benzene rings is 2. The lowest BCUT2D eigenvalue weighted by Gasteiger charge is -2.12. The van der Waals surface area contributed by atoms with Crippen LogP contribution in [0.1, 0.15) is 16.0 Å². The summed E-state index contributed by atoms with van der Waals surface area (Å²) in [6.07, 6.45) is 2.60. The maximum Gasteiger partial charge on any atom is 0.146 e. The molecule has 0 aliphatic rings. The number of ether oxygens (including phenoxy) is 1. The highest BCUT2D eigenvalue weighted by Gasteiger charge is 2.13. The Morgan fingerprint density at radius 1 is 1.09 bits per heavy atom. The number of carbonyl (C=O) groups excluding carboxylic acids is 1. The molecule has 0 aliphatic heterocycles. The predicted octanol–water partition coefficient (Wildman–Crippen LogP) is 4.45. The Balaban J connectivity index is 1.95. The molecule has 0 bridgehead atoms. The summed E-state index contributed by atoms with van der Waals surface area (Å²) in [4.78, 5) is 15.1. The van der Waals surface area contributed by atoms with Crippen LogP contribution >= 0.6 is 15.9 Å². The second-order valence-corrected chi connectivity index (χ2v) is 5.85. The van der Waals surface area contributed by atoms with Crippen LogP contribution in [-0.4, -0.2) is 11.3 Å². The highest BCUT2D eigenvalue weighted by molar-refractivity contribution is 9.09. The fourth-order valence-corrected chi connectivity index (χ4v) is 2.73. The summed E-state index contributed by atoms with van der Waals surface area (Å²) in [7, 11) is 0. The molecule has 0 spiro atoms. The molecular weight excluding hydrogens is 342 g/mol. The van der Waals surface area contributed by atoms with E-state index < -0.39 is 0 Å². The quantitative estimate of drug-likeness (QED) is 0.501. The molecule has 1 heterocycles. The van der Waals surface area contributed by atoms with Gasteiger partial charge in [-0.05, 0) is 23.3 Å². The van der Waals surface area contributed by atoms with Crippen molar-refractivity contribution >= 4 is 33.1 Å². The summed E-state index contributed by atoms with van der Waals surface area (Å²) < 4.78 is 5.91. The van der Waals surface area contributed by atoms with Crippen molar-refractivity contribution in [3.8, 4) is 5.75 Å². The van der Waals surface area contributed by atoms with Crippen molar-refractivity contribution in [2.45, 2.75) is 11.4 Å². The van der Waals surface area contributed by atoms with Crippen molar-refractivity contribution in [1.29, 1.82) is 0 Å². The lowest BCUT2D eigenvalue weighted by molar-refractivity contribution is -0.107. The number of rotatable bonds is 5. The van der Waals surface area contributed by atoms with E-state index in [9.17, 15) is 4.79 Å². The summed E-state index contributed by atoms with van der Waals surface area (Å²) in [5.74, 6) is 0.716. The van der Waals surface area contributed by atoms with Gasteiger partial charge in [0.25, 0.3) is 0 Å². The van der Waals surface area contributed by atoms with E-state index in [1.807, 2.05) is 54.6 Å². The smallest absolute Gasteiger partial charge is 0.146 e. The van der Waals surface area contributed by atoms with E-state index >= 15 is 0 Å². The molecule has 0 aliphatic carbocycles. The number of aromatic nitrogens is 1. The van der Waals surface area contributed by atoms with E-state index in [1.165, 1.54) is 0 Å². The highest BCUT2D eigenvalue weighted by Crippen LogP contribution is 2.33. The predicted molar refractivity (Wildman–Crippen MR) is 90.2 cm³/mol. The normalized spacial score (nSPS) is 12.0. The Kier molecular flexibility index (Phi) is 4.49. The van der Waals surface area contributed by atoms with Gasteiger partial charge in [-0.1, -0.05) is 58.4 Å². The topological polar surface area (TPSA) is 39.2 Å². The molecule has 110 valence electrons. The molecule has 2 aromatic carbocycles. The number of aldehydes is 1. The van der Waals surface area contributed by atoms with Crippen molar-refractivity contribution in [3.63, 3.8) is 0 Å². The monoisotopic (exact) mass is 355 g/mol. The second-order valence-electron chi connectivity index (χ2n) is 4.86. The van der Waals surface area contributed by atoms with Gasteiger partial charge < -0.3 is 9.53 Å². The summed E-state index contributed by atoms with van der Waals surface area (Å²) >= 11 is 3.37. The van der Waals surface area contributed by atoms with Gasteiger partial charge in [0, 0.05) is 11.6 Å². The van der Waals surface area contributed by atoms with Gasteiger partial charge in [0.1, 0.15) is 24.2 Å². The molecule has 0 radical (unpaired) electrons. The van der Waals surface area contributed by atoms with Crippen LogP contribution in [0.25, 0.3) is 10.9 Å². The van der Waals surface area contributed by atoms with Gasteiger partial charge in [0.05, 0.1) is 4.83 Å². The summed E-state index contributed by atoms with van der Waals surface area (Å²) in [5, 5.41) is 0.919. The van der Waals surface area contributed by atoms with Gasteiger partial charge in [-0.15, -0.1) is 0 Å². The second kappa shape index (κ2) is 6.71. The molecule has 1 atom stereocenters. The maximum absolute atomic E-state index is 11.0. The summed E-state index contributed by atoms with van der Waals surface area (Å²) in [6, 6.07) is 17.6. The van der Waals surface area contributed by atoms with Gasteiger partial charge in [0.2, 0.25) is 0 Å².